The number of nitrogens with zero attached hydrogens (tertiary/aromatic N) is 2. The van der Waals surface area contributed by atoms with E-state index in [1.807, 2.05) is 43.8 Å². The molecular formula is C22H28N2O3. The van der Waals surface area contributed by atoms with Crippen LogP contribution in [0.1, 0.15) is 56.9 Å². The van der Waals surface area contributed by atoms with E-state index < -0.39 is 0 Å². The third kappa shape index (κ3) is 3.83. The lowest BCUT2D eigenvalue weighted by Gasteiger charge is -2.24. The average Bonchev–Trinajstić information content (AvgIpc) is 2.93. The van der Waals surface area contributed by atoms with E-state index in [1.54, 1.807) is 6.92 Å². The minimum absolute atomic E-state index is 0.122. The molecule has 0 N–H and O–H groups in total. The van der Waals surface area contributed by atoms with Crippen molar-refractivity contribution in [2.24, 2.45) is 0 Å². The lowest BCUT2D eigenvalue weighted by atomic mass is 9.81. The van der Waals surface area contributed by atoms with Crippen molar-refractivity contribution in [1.29, 1.82) is 0 Å². The van der Waals surface area contributed by atoms with Crippen molar-refractivity contribution in [3.05, 3.63) is 58.4 Å². The number of ketones is 1. The van der Waals surface area contributed by atoms with Gasteiger partial charge in [-0.15, -0.1) is 0 Å². The van der Waals surface area contributed by atoms with Crippen molar-refractivity contribution >= 4 is 11.8 Å². The fraction of sp³-hybridized carbons (Fsp3) is 0.455. The molecule has 1 aromatic heterocycles. The van der Waals surface area contributed by atoms with Crippen molar-refractivity contribution in [2.45, 2.75) is 39.2 Å². The summed E-state index contributed by atoms with van der Waals surface area (Å²) in [4.78, 5) is 27.7. The van der Waals surface area contributed by atoms with E-state index in [-0.39, 0.29) is 17.7 Å². The van der Waals surface area contributed by atoms with Crippen LogP contribution in [0.2, 0.25) is 0 Å². The topological polar surface area (TPSA) is 51.5 Å². The molecule has 1 aromatic carbocycles. The third-order valence-corrected chi connectivity index (χ3v) is 5.28. The van der Waals surface area contributed by atoms with Gasteiger partial charge in [-0.1, -0.05) is 30.3 Å². The Morgan fingerprint density at radius 2 is 1.93 bits per heavy atom. The van der Waals surface area contributed by atoms with Gasteiger partial charge >= 0.3 is 5.97 Å². The lowest BCUT2D eigenvalue weighted by molar-refractivity contribution is 0.0511. The van der Waals surface area contributed by atoms with Crippen LogP contribution >= 0.6 is 0 Å². The van der Waals surface area contributed by atoms with Crippen LogP contribution in [0.15, 0.2) is 30.3 Å². The van der Waals surface area contributed by atoms with Gasteiger partial charge in [-0.2, -0.15) is 0 Å². The maximum atomic E-state index is 13.0. The van der Waals surface area contributed by atoms with E-state index in [1.165, 1.54) is 5.56 Å². The standard InChI is InChI=1S/C22H28N2O3/c1-5-27-22(26)21-15(2)20-18(24(21)12-11-23(3)4)13-17(14-19(20)25)16-9-7-6-8-10-16/h6-10,17H,5,11-14H2,1-4H3. The maximum Gasteiger partial charge on any atom is 0.355 e. The van der Waals surface area contributed by atoms with E-state index in [0.29, 0.717) is 25.3 Å². The predicted octanol–water partition coefficient (Wildman–Crippen LogP) is 3.45. The molecule has 5 heteroatoms. The Morgan fingerprint density at radius 1 is 1.22 bits per heavy atom. The van der Waals surface area contributed by atoms with E-state index in [0.717, 1.165) is 29.8 Å². The van der Waals surface area contributed by atoms with Crippen LogP contribution in [0, 0.1) is 6.92 Å². The van der Waals surface area contributed by atoms with Gasteiger partial charge in [0.05, 0.1) is 6.61 Å². The van der Waals surface area contributed by atoms with Gasteiger partial charge < -0.3 is 14.2 Å². The number of benzene rings is 1. The zero-order chi connectivity index (χ0) is 19.6. The molecule has 1 aliphatic rings. The molecule has 0 amide bonds. The summed E-state index contributed by atoms with van der Waals surface area (Å²) in [5, 5.41) is 0. The SMILES string of the molecule is CCOC(=O)c1c(C)c2c(n1CCN(C)C)CC(c1ccccc1)CC2=O. The molecule has 0 radical (unpaired) electrons. The van der Waals surface area contributed by atoms with Gasteiger partial charge in [-0.05, 0) is 51.4 Å². The summed E-state index contributed by atoms with van der Waals surface area (Å²) < 4.78 is 7.32. The van der Waals surface area contributed by atoms with Crippen molar-refractivity contribution in [2.75, 3.05) is 27.2 Å². The van der Waals surface area contributed by atoms with E-state index >= 15 is 0 Å². The molecule has 0 fully saturated rings. The van der Waals surface area contributed by atoms with Gasteiger partial charge in [0, 0.05) is 30.8 Å². The fourth-order valence-corrected chi connectivity index (χ4v) is 3.99. The largest absolute Gasteiger partial charge is 0.461 e. The van der Waals surface area contributed by atoms with Crippen LogP contribution in [-0.2, 0) is 17.7 Å². The average molecular weight is 368 g/mol. The normalized spacial score (nSPS) is 16.5. The second-order valence-electron chi connectivity index (χ2n) is 7.41. The summed E-state index contributed by atoms with van der Waals surface area (Å²) in [6.07, 6.45) is 1.25. The molecule has 0 saturated heterocycles. The zero-order valence-corrected chi connectivity index (χ0v) is 16.6. The number of hydrogen-bond acceptors (Lipinski definition) is 4. The number of esters is 1. The molecule has 3 rings (SSSR count). The second kappa shape index (κ2) is 8.09. The Morgan fingerprint density at radius 3 is 2.56 bits per heavy atom. The molecule has 1 heterocycles. The summed E-state index contributed by atoms with van der Waals surface area (Å²) in [6.45, 7) is 5.44. The number of carbonyl (C=O) groups excluding carboxylic acids is 2. The molecule has 1 unspecified atom stereocenters. The zero-order valence-electron chi connectivity index (χ0n) is 16.6. The molecule has 0 saturated carbocycles. The first-order chi connectivity index (χ1) is 12.9. The molecule has 1 aliphatic carbocycles. The number of rotatable bonds is 6. The van der Waals surface area contributed by atoms with Crippen LogP contribution in [-0.4, -0.2) is 48.5 Å². The highest BCUT2D eigenvalue weighted by atomic mass is 16.5. The Kier molecular flexibility index (Phi) is 5.80. The van der Waals surface area contributed by atoms with Crippen molar-refractivity contribution < 1.29 is 14.3 Å². The van der Waals surface area contributed by atoms with Gasteiger partial charge in [0.15, 0.2) is 5.78 Å². The van der Waals surface area contributed by atoms with Crippen LogP contribution in [0.3, 0.4) is 0 Å². The molecule has 2 aromatic rings. The molecule has 5 nitrogen and oxygen atoms in total. The summed E-state index contributed by atoms with van der Waals surface area (Å²) in [5.41, 5.74) is 4.17. The number of hydrogen-bond donors (Lipinski definition) is 0. The maximum absolute atomic E-state index is 13.0. The predicted molar refractivity (Wildman–Crippen MR) is 106 cm³/mol. The summed E-state index contributed by atoms with van der Waals surface area (Å²) in [6, 6.07) is 10.2. The number of Topliss-reactive ketones (excluding diaryl/α,β-unsaturated/α-hetero) is 1. The molecule has 0 bridgehead atoms. The highest BCUT2D eigenvalue weighted by Gasteiger charge is 2.35. The molecule has 27 heavy (non-hydrogen) atoms. The molecule has 144 valence electrons. The summed E-state index contributed by atoms with van der Waals surface area (Å²) in [7, 11) is 4.01. The third-order valence-electron chi connectivity index (χ3n) is 5.28. The summed E-state index contributed by atoms with van der Waals surface area (Å²) >= 11 is 0. The Hall–Kier alpha value is -2.40. The molecule has 1 atom stereocenters. The minimum Gasteiger partial charge on any atom is -0.461 e. The van der Waals surface area contributed by atoms with Gasteiger partial charge in [-0.25, -0.2) is 4.79 Å². The quantitative estimate of drug-likeness (QED) is 0.733. The van der Waals surface area contributed by atoms with E-state index in [2.05, 4.69) is 17.0 Å². The van der Waals surface area contributed by atoms with Crippen LogP contribution < -0.4 is 0 Å². The smallest absolute Gasteiger partial charge is 0.355 e. The number of aromatic nitrogens is 1. The van der Waals surface area contributed by atoms with Crippen molar-refractivity contribution in [3.63, 3.8) is 0 Å². The number of likely N-dealkylation sites (N-methyl/N-ethyl adjacent to an activating group) is 1. The van der Waals surface area contributed by atoms with Gasteiger partial charge in [-0.3, -0.25) is 4.79 Å². The first-order valence-electron chi connectivity index (χ1n) is 9.56. The van der Waals surface area contributed by atoms with Gasteiger partial charge in [0.1, 0.15) is 5.69 Å². The van der Waals surface area contributed by atoms with Gasteiger partial charge in [0.2, 0.25) is 0 Å². The molecular weight excluding hydrogens is 340 g/mol. The first-order valence-corrected chi connectivity index (χ1v) is 9.56. The highest BCUT2D eigenvalue weighted by Crippen LogP contribution is 2.37. The molecule has 0 aliphatic heterocycles. The fourth-order valence-electron chi connectivity index (χ4n) is 3.99. The highest BCUT2D eigenvalue weighted by molar-refractivity contribution is 6.04. The van der Waals surface area contributed by atoms with Crippen LogP contribution in [0.5, 0.6) is 0 Å². The number of carbonyl (C=O) groups is 2. The monoisotopic (exact) mass is 368 g/mol. The Labute approximate surface area is 160 Å². The Balaban J connectivity index is 2.07. The molecule has 0 spiro atoms. The lowest BCUT2D eigenvalue weighted by Crippen LogP contribution is -2.25. The van der Waals surface area contributed by atoms with Gasteiger partial charge in [0.25, 0.3) is 0 Å². The van der Waals surface area contributed by atoms with Crippen LogP contribution in [0.4, 0.5) is 0 Å². The second-order valence-corrected chi connectivity index (χ2v) is 7.41. The van der Waals surface area contributed by atoms with E-state index in [4.69, 9.17) is 4.74 Å². The summed E-state index contributed by atoms with van der Waals surface area (Å²) in [5.74, 6) is -0.0716. The van der Waals surface area contributed by atoms with Crippen molar-refractivity contribution in [3.8, 4) is 0 Å². The number of fused-ring (bicyclic) bond motifs is 1. The van der Waals surface area contributed by atoms with E-state index in [9.17, 15) is 9.59 Å². The Bertz CT molecular complexity index is 837. The van der Waals surface area contributed by atoms with Crippen molar-refractivity contribution in [1.82, 2.24) is 9.47 Å². The minimum atomic E-state index is -0.341. The number of ether oxygens (including phenoxy) is 1. The van der Waals surface area contributed by atoms with Crippen LogP contribution in [0.25, 0.3) is 0 Å². The first kappa shape index (κ1) is 19.4.